The van der Waals surface area contributed by atoms with Gasteiger partial charge in [-0.25, -0.2) is 0 Å². The lowest BCUT2D eigenvalue weighted by Crippen LogP contribution is -2.18. The molecule has 2 aliphatic carbocycles. The van der Waals surface area contributed by atoms with Crippen LogP contribution in [-0.4, -0.2) is 18.8 Å². The Labute approximate surface area is 128 Å². The summed E-state index contributed by atoms with van der Waals surface area (Å²) in [5.74, 6) is 1.95. The van der Waals surface area contributed by atoms with Gasteiger partial charge in [0.15, 0.2) is 0 Å². The van der Waals surface area contributed by atoms with E-state index in [9.17, 15) is 0 Å². The van der Waals surface area contributed by atoms with Crippen molar-refractivity contribution < 1.29 is 9.47 Å². The van der Waals surface area contributed by atoms with Crippen LogP contribution >= 0.6 is 0 Å². The molecule has 21 heavy (non-hydrogen) atoms. The molecule has 1 N–H and O–H groups in total. The van der Waals surface area contributed by atoms with Crippen molar-refractivity contribution in [3.8, 4) is 11.5 Å². The Morgan fingerprint density at radius 1 is 1.14 bits per heavy atom. The highest BCUT2D eigenvalue weighted by molar-refractivity contribution is 5.41. The van der Waals surface area contributed by atoms with Crippen LogP contribution in [-0.2, 0) is 6.54 Å². The average molecular weight is 289 g/mol. The number of hydrogen-bond donors (Lipinski definition) is 1. The first kappa shape index (κ1) is 14.7. The second-order valence-electron chi connectivity index (χ2n) is 6.30. The minimum Gasteiger partial charge on any atom is -0.493 e. The molecule has 0 aromatic heterocycles. The highest BCUT2D eigenvalue weighted by Crippen LogP contribution is 2.31. The van der Waals surface area contributed by atoms with E-state index in [2.05, 4.69) is 30.4 Å². The quantitative estimate of drug-likeness (QED) is 0.783. The molecule has 0 unspecified atom stereocenters. The zero-order valence-electron chi connectivity index (χ0n) is 13.1. The zero-order chi connectivity index (χ0) is 14.5. The van der Waals surface area contributed by atoms with E-state index in [-0.39, 0.29) is 0 Å². The molecule has 0 aliphatic heterocycles. The maximum atomic E-state index is 6.26. The number of nitrogens with one attached hydrogen (secondary N) is 1. The lowest BCUT2D eigenvalue weighted by Gasteiger charge is -2.18. The summed E-state index contributed by atoms with van der Waals surface area (Å²) in [6.07, 6.45) is 9.03. The fourth-order valence-electron chi connectivity index (χ4n) is 2.83. The van der Waals surface area contributed by atoms with Crippen LogP contribution in [0, 0.1) is 0 Å². The molecule has 2 aliphatic rings. The number of hydrogen-bond acceptors (Lipinski definition) is 3. The summed E-state index contributed by atoms with van der Waals surface area (Å²) in [5, 5.41) is 3.58. The molecule has 1 aromatic carbocycles. The van der Waals surface area contributed by atoms with Gasteiger partial charge in [0.2, 0.25) is 0 Å². The van der Waals surface area contributed by atoms with Crippen LogP contribution in [0.3, 0.4) is 0 Å². The first-order chi connectivity index (χ1) is 10.3. The molecule has 3 rings (SSSR count). The van der Waals surface area contributed by atoms with E-state index in [1.165, 1.54) is 44.1 Å². The van der Waals surface area contributed by atoms with E-state index < -0.39 is 0 Å². The van der Waals surface area contributed by atoms with Gasteiger partial charge in [-0.3, -0.25) is 0 Å². The monoisotopic (exact) mass is 289 g/mol. The second kappa shape index (κ2) is 7.17. The van der Waals surface area contributed by atoms with Crippen molar-refractivity contribution in [2.24, 2.45) is 0 Å². The molecule has 3 nitrogen and oxygen atoms in total. The van der Waals surface area contributed by atoms with Crippen molar-refractivity contribution in [3.05, 3.63) is 23.8 Å². The zero-order valence-corrected chi connectivity index (χ0v) is 13.1. The van der Waals surface area contributed by atoms with Crippen molar-refractivity contribution in [1.29, 1.82) is 0 Å². The van der Waals surface area contributed by atoms with Crippen molar-refractivity contribution >= 4 is 0 Å². The van der Waals surface area contributed by atoms with E-state index in [1.807, 2.05) is 0 Å². The predicted molar refractivity (Wildman–Crippen MR) is 85.0 cm³/mol. The molecule has 0 atom stereocenters. The Balaban J connectivity index is 1.68. The second-order valence-corrected chi connectivity index (χ2v) is 6.30. The van der Waals surface area contributed by atoms with Gasteiger partial charge in [-0.15, -0.1) is 0 Å². The molecule has 0 heterocycles. The summed E-state index contributed by atoms with van der Waals surface area (Å²) in [6, 6.07) is 7.03. The normalized spacial score (nSPS) is 18.9. The lowest BCUT2D eigenvalue weighted by atomic mass is 10.1. The predicted octanol–water partition coefficient (Wildman–Crippen LogP) is 4.05. The molecule has 3 heteroatoms. The van der Waals surface area contributed by atoms with Crippen molar-refractivity contribution in [1.82, 2.24) is 5.32 Å². The van der Waals surface area contributed by atoms with Crippen molar-refractivity contribution in [2.75, 3.05) is 6.61 Å². The Hall–Kier alpha value is -1.22. The highest BCUT2D eigenvalue weighted by atomic mass is 16.5. The first-order valence-electron chi connectivity index (χ1n) is 8.51. The Morgan fingerprint density at radius 3 is 2.67 bits per heavy atom. The fourth-order valence-corrected chi connectivity index (χ4v) is 2.83. The van der Waals surface area contributed by atoms with Gasteiger partial charge in [-0.05, 0) is 51.0 Å². The SMILES string of the molecule is CCCOc1ccc(CNC2CC2)c(OC2CCCC2)c1. The van der Waals surface area contributed by atoms with Crippen LogP contribution < -0.4 is 14.8 Å². The fraction of sp³-hybridized carbons (Fsp3) is 0.667. The van der Waals surface area contributed by atoms with Gasteiger partial charge in [-0.1, -0.05) is 13.0 Å². The number of rotatable bonds is 8. The maximum absolute atomic E-state index is 6.26. The van der Waals surface area contributed by atoms with E-state index in [4.69, 9.17) is 9.47 Å². The van der Waals surface area contributed by atoms with Crippen LogP contribution in [0.1, 0.15) is 57.4 Å². The Kier molecular flexibility index (Phi) is 5.02. The van der Waals surface area contributed by atoms with Crippen LogP contribution in [0.15, 0.2) is 18.2 Å². The van der Waals surface area contributed by atoms with Gasteiger partial charge in [-0.2, -0.15) is 0 Å². The molecular formula is C18H27NO2. The maximum Gasteiger partial charge on any atom is 0.127 e. The largest absolute Gasteiger partial charge is 0.493 e. The minimum atomic E-state index is 0.395. The third-order valence-corrected chi connectivity index (χ3v) is 4.27. The summed E-state index contributed by atoms with van der Waals surface area (Å²) in [5.41, 5.74) is 1.26. The summed E-state index contributed by atoms with van der Waals surface area (Å²) in [7, 11) is 0. The Bertz CT molecular complexity index is 451. The van der Waals surface area contributed by atoms with Gasteiger partial charge in [0.1, 0.15) is 11.5 Å². The smallest absolute Gasteiger partial charge is 0.127 e. The topological polar surface area (TPSA) is 30.5 Å². The van der Waals surface area contributed by atoms with E-state index >= 15 is 0 Å². The van der Waals surface area contributed by atoms with E-state index in [0.717, 1.165) is 37.1 Å². The van der Waals surface area contributed by atoms with Crippen LogP contribution in [0.2, 0.25) is 0 Å². The minimum absolute atomic E-state index is 0.395. The molecule has 0 bridgehead atoms. The molecule has 0 saturated heterocycles. The molecule has 2 saturated carbocycles. The van der Waals surface area contributed by atoms with Crippen molar-refractivity contribution in [3.63, 3.8) is 0 Å². The van der Waals surface area contributed by atoms with Crippen molar-refractivity contribution in [2.45, 2.75) is 70.6 Å². The third-order valence-electron chi connectivity index (χ3n) is 4.27. The summed E-state index contributed by atoms with van der Waals surface area (Å²) < 4.78 is 12.0. The molecule has 0 radical (unpaired) electrons. The average Bonchev–Trinajstić information content (AvgIpc) is 3.19. The molecular weight excluding hydrogens is 262 g/mol. The molecule has 1 aromatic rings. The first-order valence-corrected chi connectivity index (χ1v) is 8.51. The molecule has 2 fully saturated rings. The van der Waals surface area contributed by atoms with Crippen LogP contribution in [0.5, 0.6) is 11.5 Å². The molecule has 0 spiro atoms. The standard InChI is InChI=1S/C18H27NO2/c1-2-11-20-17-10-7-14(13-19-15-8-9-15)18(12-17)21-16-5-3-4-6-16/h7,10,12,15-16,19H,2-6,8-9,11,13H2,1H3. The third kappa shape index (κ3) is 4.37. The van der Waals surface area contributed by atoms with Crippen LogP contribution in [0.25, 0.3) is 0 Å². The van der Waals surface area contributed by atoms with Crippen LogP contribution in [0.4, 0.5) is 0 Å². The summed E-state index contributed by atoms with van der Waals surface area (Å²) >= 11 is 0. The van der Waals surface area contributed by atoms with Gasteiger partial charge in [0, 0.05) is 24.2 Å². The van der Waals surface area contributed by atoms with E-state index in [0.29, 0.717) is 6.10 Å². The van der Waals surface area contributed by atoms with Gasteiger partial charge in [0.05, 0.1) is 12.7 Å². The van der Waals surface area contributed by atoms with Gasteiger partial charge >= 0.3 is 0 Å². The Morgan fingerprint density at radius 2 is 1.95 bits per heavy atom. The summed E-state index contributed by atoms with van der Waals surface area (Å²) in [4.78, 5) is 0. The van der Waals surface area contributed by atoms with Gasteiger partial charge < -0.3 is 14.8 Å². The molecule has 116 valence electrons. The molecule has 0 amide bonds. The summed E-state index contributed by atoms with van der Waals surface area (Å²) in [6.45, 7) is 3.80. The highest BCUT2D eigenvalue weighted by Gasteiger charge is 2.22. The number of benzene rings is 1. The van der Waals surface area contributed by atoms with Gasteiger partial charge in [0.25, 0.3) is 0 Å². The number of ether oxygens (including phenoxy) is 2. The lowest BCUT2D eigenvalue weighted by molar-refractivity contribution is 0.206. The van der Waals surface area contributed by atoms with E-state index in [1.54, 1.807) is 0 Å².